The van der Waals surface area contributed by atoms with E-state index in [9.17, 15) is 8.42 Å². The molecule has 9 heteroatoms. The van der Waals surface area contributed by atoms with Gasteiger partial charge in [-0.25, -0.2) is 13.1 Å². The number of rotatable bonds is 6. The van der Waals surface area contributed by atoms with Gasteiger partial charge in [-0.15, -0.1) is 5.10 Å². The van der Waals surface area contributed by atoms with E-state index in [0.717, 1.165) is 12.8 Å². The summed E-state index contributed by atoms with van der Waals surface area (Å²) < 4.78 is 34.6. The first-order valence-corrected chi connectivity index (χ1v) is 9.05. The third-order valence-electron chi connectivity index (χ3n) is 3.63. The molecule has 0 bridgehead atoms. The van der Waals surface area contributed by atoms with Gasteiger partial charge in [-0.2, -0.15) is 0 Å². The first-order valence-electron chi connectivity index (χ1n) is 7.19. The van der Waals surface area contributed by atoms with Crippen molar-refractivity contribution < 1.29 is 13.2 Å². The molecular formula is C14H17ClN4O3S. The Morgan fingerprint density at radius 2 is 1.96 bits per heavy atom. The van der Waals surface area contributed by atoms with E-state index < -0.39 is 16.1 Å². The van der Waals surface area contributed by atoms with Crippen molar-refractivity contribution in [3.63, 3.8) is 0 Å². The van der Waals surface area contributed by atoms with Crippen LogP contribution in [-0.4, -0.2) is 30.3 Å². The first kappa shape index (κ1) is 16.2. The average Bonchev–Trinajstić information content (AvgIpc) is 3.25. The van der Waals surface area contributed by atoms with Gasteiger partial charge in [0.05, 0.1) is 18.0 Å². The summed E-state index contributed by atoms with van der Waals surface area (Å²) in [6.07, 6.45) is 2.02. The Morgan fingerprint density at radius 1 is 1.30 bits per heavy atom. The molecule has 124 valence electrons. The maximum Gasteiger partial charge on any atom is 0.316 e. The van der Waals surface area contributed by atoms with Gasteiger partial charge in [-0.3, -0.25) is 4.57 Å². The quantitative estimate of drug-likeness (QED) is 0.858. The Bertz CT molecular complexity index is 800. The first-order chi connectivity index (χ1) is 10.9. The van der Waals surface area contributed by atoms with Gasteiger partial charge in [0.2, 0.25) is 10.0 Å². The summed E-state index contributed by atoms with van der Waals surface area (Å²) in [5.74, 6) is 0.543. The fourth-order valence-corrected chi connectivity index (χ4v) is 3.69. The van der Waals surface area contributed by atoms with Crippen LogP contribution < -0.4 is 9.46 Å². The molecular weight excluding hydrogens is 340 g/mol. The molecule has 1 aromatic heterocycles. The lowest BCUT2D eigenvalue weighted by Gasteiger charge is -2.15. The minimum absolute atomic E-state index is 0.151. The van der Waals surface area contributed by atoms with E-state index in [1.54, 1.807) is 6.92 Å². The summed E-state index contributed by atoms with van der Waals surface area (Å²) in [4.78, 5) is 0.151. The lowest BCUT2D eigenvalue weighted by molar-refractivity contribution is 0.352. The fraction of sp³-hybridized carbons (Fsp3) is 0.429. The van der Waals surface area contributed by atoms with Gasteiger partial charge >= 0.3 is 6.01 Å². The van der Waals surface area contributed by atoms with E-state index in [4.69, 9.17) is 16.3 Å². The van der Waals surface area contributed by atoms with E-state index >= 15 is 0 Å². The Labute approximate surface area is 139 Å². The summed E-state index contributed by atoms with van der Waals surface area (Å²) in [7, 11) is -2.15. The standard InChI is InChI=1S/C14H17ClN4O3S/c1-9(13-16-17-14(22-2)19(13)11-5-6-11)18-23(20,21)12-7-3-10(15)4-8-12/h3-4,7-9,11,18H,5-6H2,1-2H3/t9-/m1/s1. The minimum Gasteiger partial charge on any atom is -0.467 e. The second-order valence-electron chi connectivity index (χ2n) is 5.44. The highest BCUT2D eigenvalue weighted by Gasteiger charge is 2.33. The zero-order valence-electron chi connectivity index (χ0n) is 12.7. The molecule has 7 nitrogen and oxygen atoms in total. The molecule has 23 heavy (non-hydrogen) atoms. The number of benzene rings is 1. The van der Waals surface area contributed by atoms with E-state index in [2.05, 4.69) is 14.9 Å². The van der Waals surface area contributed by atoms with Crippen LogP contribution in [-0.2, 0) is 10.0 Å². The van der Waals surface area contributed by atoms with Crippen molar-refractivity contribution in [2.75, 3.05) is 7.11 Å². The minimum atomic E-state index is -3.67. The van der Waals surface area contributed by atoms with Crippen LogP contribution in [0.15, 0.2) is 29.2 Å². The highest BCUT2D eigenvalue weighted by atomic mass is 35.5. The Hall–Kier alpha value is -1.64. The number of aromatic nitrogens is 3. The zero-order chi connectivity index (χ0) is 16.6. The molecule has 0 unspecified atom stereocenters. The summed E-state index contributed by atoms with van der Waals surface area (Å²) in [5, 5.41) is 8.53. The number of methoxy groups -OCH3 is 1. The van der Waals surface area contributed by atoms with Crippen LogP contribution >= 0.6 is 11.6 Å². The van der Waals surface area contributed by atoms with Crippen LogP contribution in [0.5, 0.6) is 6.01 Å². The molecule has 1 aliphatic carbocycles. The highest BCUT2D eigenvalue weighted by Crippen LogP contribution is 2.39. The third kappa shape index (κ3) is 3.34. The van der Waals surface area contributed by atoms with Gasteiger partial charge in [0.1, 0.15) is 0 Å². The maximum absolute atomic E-state index is 12.5. The maximum atomic E-state index is 12.5. The fourth-order valence-electron chi connectivity index (χ4n) is 2.37. The molecule has 3 rings (SSSR count). The van der Waals surface area contributed by atoms with Crippen molar-refractivity contribution in [3.8, 4) is 6.01 Å². The number of ether oxygens (including phenoxy) is 1. The number of hydrogen-bond donors (Lipinski definition) is 1. The third-order valence-corrected chi connectivity index (χ3v) is 5.44. The van der Waals surface area contributed by atoms with Gasteiger partial charge in [0, 0.05) is 11.1 Å². The van der Waals surface area contributed by atoms with Crippen molar-refractivity contribution in [1.29, 1.82) is 0 Å². The van der Waals surface area contributed by atoms with Gasteiger partial charge in [-0.05, 0) is 44.0 Å². The normalized spacial score (nSPS) is 16.3. The van der Waals surface area contributed by atoms with Crippen molar-refractivity contribution in [1.82, 2.24) is 19.5 Å². The molecule has 0 spiro atoms. The van der Waals surface area contributed by atoms with Crippen LogP contribution in [0.3, 0.4) is 0 Å². The van der Waals surface area contributed by atoms with E-state index in [1.165, 1.54) is 31.4 Å². The Kier molecular flexibility index (Phi) is 4.31. The monoisotopic (exact) mass is 356 g/mol. The summed E-state index contributed by atoms with van der Waals surface area (Å²) in [5.41, 5.74) is 0. The number of halogens is 1. The van der Waals surface area contributed by atoms with Crippen LogP contribution in [0.1, 0.15) is 37.7 Å². The molecule has 1 aromatic carbocycles. The largest absolute Gasteiger partial charge is 0.467 e. The smallest absolute Gasteiger partial charge is 0.316 e. The molecule has 1 fully saturated rings. The second kappa shape index (κ2) is 6.10. The van der Waals surface area contributed by atoms with Gasteiger partial charge < -0.3 is 4.74 Å². The summed E-state index contributed by atoms with van der Waals surface area (Å²) in [6.45, 7) is 1.73. The summed E-state index contributed by atoms with van der Waals surface area (Å²) >= 11 is 5.79. The number of sulfonamides is 1. The van der Waals surface area contributed by atoms with E-state index in [-0.39, 0.29) is 10.9 Å². The number of nitrogens with zero attached hydrogens (tertiary/aromatic N) is 3. The molecule has 2 aromatic rings. The predicted octanol–water partition coefficient (Wildman–Crippen LogP) is 2.31. The van der Waals surface area contributed by atoms with Crippen molar-refractivity contribution in [3.05, 3.63) is 35.1 Å². The number of nitrogens with one attached hydrogen (secondary N) is 1. The molecule has 0 aliphatic heterocycles. The van der Waals surface area contributed by atoms with Crippen LogP contribution in [0.2, 0.25) is 5.02 Å². The van der Waals surface area contributed by atoms with Crippen LogP contribution in [0.25, 0.3) is 0 Å². The molecule has 1 heterocycles. The van der Waals surface area contributed by atoms with Gasteiger partial charge in [-0.1, -0.05) is 16.7 Å². The lowest BCUT2D eigenvalue weighted by atomic mass is 10.3. The van der Waals surface area contributed by atoms with E-state index in [0.29, 0.717) is 16.9 Å². The average molecular weight is 357 g/mol. The lowest BCUT2D eigenvalue weighted by Crippen LogP contribution is -2.29. The molecule has 1 saturated carbocycles. The highest BCUT2D eigenvalue weighted by molar-refractivity contribution is 7.89. The van der Waals surface area contributed by atoms with E-state index in [1.807, 2.05) is 4.57 Å². The van der Waals surface area contributed by atoms with Crippen molar-refractivity contribution >= 4 is 21.6 Å². The van der Waals surface area contributed by atoms with Crippen molar-refractivity contribution in [2.45, 2.75) is 36.7 Å². The van der Waals surface area contributed by atoms with Crippen molar-refractivity contribution in [2.24, 2.45) is 0 Å². The predicted molar refractivity (Wildman–Crippen MR) is 85.0 cm³/mol. The molecule has 0 saturated heterocycles. The molecule has 0 amide bonds. The zero-order valence-corrected chi connectivity index (χ0v) is 14.3. The molecule has 1 aliphatic rings. The molecule has 0 radical (unpaired) electrons. The van der Waals surface area contributed by atoms with Crippen LogP contribution in [0.4, 0.5) is 0 Å². The second-order valence-corrected chi connectivity index (χ2v) is 7.59. The van der Waals surface area contributed by atoms with Gasteiger partial charge in [0.25, 0.3) is 0 Å². The number of hydrogen-bond acceptors (Lipinski definition) is 5. The molecule has 1 atom stereocenters. The molecule has 1 N–H and O–H groups in total. The Balaban J connectivity index is 1.85. The Morgan fingerprint density at radius 3 is 2.52 bits per heavy atom. The topological polar surface area (TPSA) is 86.1 Å². The summed E-state index contributed by atoms with van der Waals surface area (Å²) in [6, 6.07) is 6.14. The SMILES string of the molecule is COc1nnc([C@@H](C)NS(=O)(=O)c2ccc(Cl)cc2)n1C1CC1. The van der Waals surface area contributed by atoms with Crippen LogP contribution in [0, 0.1) is 0 Å². The van der Waals surface area contributed by atoms with Gasteiger partial charge in [0.15, 0.2) is 5.82 Å².